The molecule has 1 aliphatic rings. The quantitative estimate of drug-likeness (QED) is 0.787. The van der Waals surface area contributed by atoms with Crippen molar-refractivity contribution in [3.63, 3.8) is 0 Å². The molecule has 102 valence electrons. The molecule has 7 heteroatoms. The molecule has 0 spiro atoms. The zero-order valence-electron chi connectivity index (χ0n) is 10.6. The average molecular weight is 290 g/mol. The van der Waals surface area contributed by atoms with Gasteiger partial charge in [0.1, 0.15) is 0 Å². The van der Waals surface area contributed by atoms with Crippen LogP contribution in [0.4, 0.5) is 11.5 Å². The van der Waals surface area contributed by atoms with Gasteiger partial charge in [-0.25, -0.2) is 4.98 Å². The van der Waals surface area contributed by atoms with Gasteiger partial charge in [-0.3, -0.25) is 4.68 Å². The summed E-state index contributed by atoms with van der Waals surface area (Å²) in [5, 5.41) is 8.43. The van der Waals surface area contributed by atoms with Gasteiger partial charge in [0.15, 0.2) is 11.5 Å². The van der Waals surface area contributed by atoms with Crippen LogP contribution < -0.4 is 5.32 Å². The lowest BCUT2D eigenvalue weighted by Gasteiger charge is -2.12. The van der Waals surface area contributed by atoms with Crippen LogP contribution in [0, 0.1) is 0 Å². The lowest BCUT2D eigenvalue weighted by molar-refractivity contribution is 0.0801. The Balaban J connectivity index is 1.73. The molecule has 0 fully saturated rings. The number of halogens is 1. The van der Waals surface area contributed by atoms with Crippen LogP contribution in [0.25, 0.3) is 5.65 Å². The normalized spacial score (nSPS) is 14.4. The molecular weight excluding hydrogens is 278 g/mol. The number of aromatic nitrogens is 4. The van der Waals surface area contributed by atoms with Gasteiger partial charge in [-0.05, 0) is 6.07 Å². The number of nitrogens with zero attached hydrogens (tertiary/aromatic N) is 4. The molecule has 0 saturated heterocycles. The molecule has 6 nitrogen and oxygen atoms in total. The van der Waals surface area contributed by atoms with Gasteiger partial charge in [-0.15, -0.1) is 0 Å². The molecule has 0 aromatic carbocycles. The van der Waals surface area contributed by atoms with Crippen molar-refractivity contribution < 1.29 is 4.74 Å². The zero-order chi connectivity index (χ0) is 13.5. The van der Waals surface area contributed by atoms with Crippen LogP contribution in [-0.4, -0.2) is 25.8 Å². The minimum atomic E-state index is 0.600. The van der Waals surface area contributed by atoms with E-state index >= 15 is 0 Å². The maximum Gasteiger partial charge on any atom is 0.160 e. The second kappa shape index (κ2) is 4.50. The highest BCUT2D eigenvalue weighted by Crippen LogP contribution is 2.25. The van der Waals surface area contributed by atoms with Crippen molar-refractivity contribution in [3.8, 4) is 0 Å². The summed E-state index contributed by atoms with van der Waals surface area (Å²) in [5.41, 5.74) is 2.72. The minimum absolute atomic E-state index is 0.600. The van der Waals surface area contributed by atoms with Crippen LogP contribution in [0.3, 0.4) is 0 Å². The van der Waals surface area contributed by atoms with Gasteiger partial charge in [0.2, 0.25) is 0 Å². The van der Waals surface area contributed by atoms with E-state index in [4.69, 9.17) is 16.3 Å². The topological polar surface area (TPSA) is 56.4 Å². The Morgan fingerprint density at radius 2 is 2.30 bits per heavy atom. The SMILES string of the molecule is Clc1cc(Nc2cc3n(n2)CCOC3)c2nccn2c1. The lowest BCUT2D eigenvalue weighted by atomic mass is 10.3. The van der Waals surface area contributed by atoms with Crippen molar-refractivity contribution in [1.29, 1.82) is 0 Å². The third kappa shape index (κ3) is 1.93. The van der Waals surface area contributed by atoms with Crippen LogP contribution in [-0.2, 0) is 17.9 Å². The van der Waals surface area contributed by atoms with Gasteiger partial charge in [-0.1, -0.05) is 11.6 Å². The first-order valence-corrected chi connectivity index (χ1v) is 6.71. The van der Waals surface area contributed by atoms with E-state index in [1.807, 2.05) is 33.6 Å². The molecule has 3 aromatic rings. The molecule has 0 amide bonds. The van der Waals surface area contributed by atoms with Gasteiger partial charge >= 0.3 is 0 Å². The summed E-state index contributed by atoms with van der Waals surface area (Å²) in [6.07, 6.45) is 5.42. The van der Waals surface area contributed by atoms with E-state index < -0.39 is 0 Å². The van der Waals surface area contributed by atoms with Crippen molar-refractivity contribution in [1.82, 2.24) is 19.2 Å². The van der Waals surface area contributed by atoms with E-state index in [-0.39, 0.29) is 0 Å². The Morgan fingerprint density at radius 1 is 1.35 bits per heavy atom. The molecule has 4 rings (SSSR count). The molecule has 0 unspecified atom stereocenters. The Hall–Kier alpha value is -2.05. The fourth-order valence-electron chi connectivity index (χ4n) is 2.38. The largest absolute Gasteiger partial charge is 0.373 e. The maximum atomic E-state index is 6.11. The molecule has 0 bridgehead atoms. The number of imidazole rings is 1. The second-order valence-electron chi connectivity index (χ2n) is 4.65. The Labute approximate surface area is 119 Å². The standard InChI is InChI=1S/C13H12ClN5O/c14-9-5-11(13-15-1-2-18(13)7-9)16-12-6-10-8-20-4-3-19(10)17-12/h1-2,5-7H,3-4,8H2,(H,16,17). The summed E-state index contributed by atoms with van der Waals surface area (Å²) >= 11 is 6.11. The van der Waals surface area contributed by atoms with Crippen LogP contribution in [0.5, 0.6) is 0 Å². The van der Waals surface area contributed by atoms with Gasteiger partial charge in [-0.2, -0.15) is 5.10 Å². The predicted octanol–water partition coefficient (Wildman–Crippen LogP) is 2.46. The van der Waals surface area contributed by atoms with Crippen molar-refractivity contribution in [2.24, 2.45) is 0 Å². The number of ether oxygens (including phenoxy) is 1. The summed E-state index contributed by atoms with van der Waals surface area (Å²) in [6, 6.07) is 3.83. The summed E-state index contributed by atoms with van der Waals surface area (Å²) in [4.78, 5) is 4.32. The summed E-state index contributed by atoms with van der Waals surface area (Å²) in [5.74, 6) is 0.776. The predicted molar refractivity (Wildman–Crippen MR) is 75.4 cm³/mol. The first kappa shape index (κ1) is 11.7. The van der Waals surface area contributed by atoms with E-state index in [9.17, 15) is 0 Å². The third-order valence-corrected chi connectivity index (χ3v) is 3.48. The van der Waals surface area contributed by atoms with E-state index in [2.05, 4.69) is 15.4 Å². The van der Waals surface area contributed by atoms with Crippen LogP contribution in [0.15, 0.2) is 30.7 Å². The Kier molecular flexibility index (Phi) is 2.64. The smallest absolute Gasteiger partial charge is 0.160 e. The molecule has 0 aliphatic carbocycles. The molecule has 20 heavy (non-hydrogen) atoms. The monoisotopic (exact) mass is 289 g/mol. The number of pyridine rings is 1. The number of rotatable bonds is 2. The average Bonchev–Trinajstić information content (AvgIpc) is 3.03. The molecule has 0 saturated carbocycles. The summed E-state index contributed by atoms with van der Waals surface area (Å²) < 4.78 is 9.25. The van der Waals surface area contributed by atoms with Crippen molar-refractivity contribution in [3.05, 3.63) is 41.4 Å². The van der Waals surface area contributed by atoms with Crippen molar-refractivity contribution >= 4 is 28.8 Å². The molecule has 4 heterocycles. The van der Waals surface area contributed by atoms with E-state index in [1.165, 1.54) is 0 Å². The number of nitrogens with one attached hydrogen (secondary N) is 1. The summed E-state index contributed by atoms with van der Waals surface area (Å²) in [7, 11) is 0. The molecule has 1 N–H and O–H groups in total. The van der Waals surface area contributed by atoms with Gasteiger partial charge in [0, 0.05) is 24.7 Å². The molecule has 1 aliphatic heterocycles. The van der Waals surface area contributed by atoms with Gasteiger partial charge < -0.3 is 14.5 Å². The molecular formula is C13H12ClN5O. The Bertz CT molecular complexity index is 755. The van der Waals surface area contributed by atoms with Gasteiger partial charge in [0.25, 0.3) is 0 Å². The minimum Gasteiger partial charge on any atom is -0.373 e. The highest BCUT2D eigenvalue weighted by molar-refractivity contribution is 6.30. The first-order valence-electron chi connectivity index (χ1n) is 6.33. The number of fused-ring (bicyclic) bond motifs is 2. The fraction of sp³-hybridized carbons (Fsp3) is 0.231. The third-order valence-electron chi connectivity index (χ3n) is 3.28. The van der Waals surface area contributed by atoms with E-state index in [1.54, 1.807) is 6.20 Å². The van der Waals surface area contributed by atoms with Crippen LogP contribution >= 0.6 is 11.6 Å². The molecule has 0 atom stereocenters. The number of hydrogen-bond donors (Lipinski definition) is 1. The second-order valence-corrected chi connectivity index (χ2v) is 5.09. The highest BCUT2D eigenvalue weighted by Gasteiger charge is 2.13. The zero-order valence-corrected chi connectivity index (χ0v) is 11.3. The maximum absolute atomic E-state index is 6.11. The van der Waals surface area contributed by atoms with Crippen molar-refractivity contribution in [2.75, 3.05) is 11.9 Å². The summed E-state index contributed by atoms with van der Waals surface area (Å²) in [6.45, 7) is 2.09. The molecule has 0 radical (unpaired) electrons. The number of anilines is 2. The van der Waals surface area contributed by atoms with Crippen molar-refractivity contribution in [2.45, 2.75) is 13.2 Å². The molecule has 3 aromatic heterocycles. The Morgan fingerprint density at radius 3 is 3.20 bits per heavy atom. The van der Waals surface area contributed by atoms with Gasteiger partial charge in [0.05, 0.1) is 36.2 Å². The highest BCUT2D eigenvalue weighted by atomic mass is 35.5. The number of hydrogen-bond acceptors (Lipinski definition) is 4. The van der Waals surface area contributed by atoms with Crippen LogP contribution in [0.2, 0.25) is 5.02 Å². The lowest BCUT2D eigenvalue weighted by Crippen LogP contribution is -2.16. The fourth-order valence-corrected chi connectivity index (χ4v) is 2.60. The van der Waals surface area contributed by atoms with E-state index in [0.717, 1.165) is 29.4 Å². The van der Waals surface area contributed by atoms with Crippen LogP contribution in [0.1, 0.15) is 5.69 Å². The van der Waals surface area contributed by atoms with E-state index in [0.29, 0.717) is 18.2 Å². The first-order chi connectivity index (χ1) is 9.79.